The number of hydrogen-bond donors (Lipinski definition) is 1. The summed E-state index contributed by atoms with van der Waals surface area (Å²) >= 11 is 0. The molecular weight excluding hydrogens is 428 g/mol. The second kappa shape index (κ2) is 8.50. The molecule has 1 aliphatic heterocycles. The number of aliphatic hydroxyl groups is 1. The van der Waals surface area contributed by atoms with Crippen LogP contribution in [0.4, 0.5) is 14.5 Å². The van der Waals surface area contributed by atoms with Crippen molar-refractivity contribution in [2.24, 2.45) is 0 Å². The summed E-state index contributed by atoms with van der Waals surface area (Å²) in [6, 6.07) is 14.0. The number of nitrogens with zero attached hydrogens (tertiary/aromatic N) is 1. The van der Waals surface area contributed by atoms with Crippen molar-refractivity contribution in [2.75, 3.05) is 12.0 Å². The van der Waals surface area contributed by atoms with Crippen LogP contribution in [-0.4, -0.2) is 23.9 Å². The predicted octanol–water partition coefficient (Wildman–Crippen LogP) is 5.22. The molecule has 1 saturated heterocycles. The van der Waals surface area contributed by atoms with Gasteiger partial charge in [-0.2, -0.15) is 0 Å². The van der Waals surface area contributed by atoms with Gasteiger partial charge in [0.25, 0.3) is 11.7 Å². The van der Waals surface area contributed by atoms with Crippen LogP contribution in [0.3, 0.4) is 0 Å². The lowest BCUT2D eigenvalue weighted by atomic mass is 9.93. The van der Waals surface area contributed by atoms with E-state index in [-0.39, 0.29) is 17.0 Å². The number of benzene rings is 3. The summed E-state index contributed by atoms with van der Waals surface area (Å²) < 4.78 is 32.9. The van der Waals surface area contributed by atoms with Gasteiger partial charge in [-0.1, -0.05) is 30.3 Å². The Morgan fingerprint density at radius 2 is 1.64 bits per heavy atom. The van der Waals surface area contributed by atoms with E-state index in [4.69, 9.17) is 4.74 Å². The average molecular weight is 449 g/mol. The third-order valence-corrected chi connectivity index (χ3v) is 5.74. The summed E-state index contributed by atoms with van der Waals surface area (Å²) in [7, 11) is 1.53. The van der Waals surface area contributed by atoms with E-state index in [0.717, 1.165) is 22.6 Å². The summed E-state index contributed by atoms with van der Waals surface area (Å²) in [5.41, 5.74) is 2.15. The predicted molar refractivity (Wildman–Crippen MR) is 120 cm³/mol. The molecule has 4 rings (SSSR count). The number of halogens is 2. The summed E-state index contributed by atoms with van der Waals surface area (Å²) in [6.07, 6.45) is 0. The SMILES string of the molecule is COc1cc(C)c(/C(O)=C2\C(=O)C(=O)N(c3ccc(F)c(F)c3)C2c2ccccc2)cc1C. The first kappa shape index (κ1) is 22.2. The Kier molecular flexibility index (Phi) is 5.72. The molecule has 33 heavy (non-hydrogen) atoms. The first-order valence-corrected chi connectivity index (χ1v) is 10.2. The summed E-state index contributed by atoms with van der Waals surface area (Å²) in [6.45, 7) is 3.55. The number of carbonyl (C=O) groups excluding carboxylic acids is 2. The lowest BCUT2D eigenvalue weighted by Gasteiger charge is -2.25. The van der Waals surface area contributed by atoms with Crippen LogP contribution >= 0.6 is 0 Å². The number of anilines is 1. The van der Waals surface area contributed by atoms with Crippen molar-refractivity contribution in [3.63, 3.8) is 0 Å². The number of carbonyl (C=O) groups is 2. The van der Waals surface area contributed by atoms with Gasteiger partial charge in [0.15, 0.2) is 11.6 Å². The normalized spacial score (nSPS) is 17.5. The number of rotatable bonds is 4. The molecule has 0 aliphatic carbocycles. The van der Waals surface area contributed by atoms with Crippen LogP contribution in [-0.2, 0) is 9.59 Å². The molecule has 0 radical (unpaired) electrons. The Bertz CT molecular complexity index is 1300. The van der Waals surface area contributed by atoms with Crippen LogP contribution in [0.25, 0.3) is 5.76 Å². The number of hydrogen-bond acceptors (Lipinski definition) is 4. The second-order valence-electron chi connectivity index (χ2n) is 7.81. The lowest BCUT2D eigenvalue weighted by molar-refractivity contribution is -0.132. The maximum absolute atomic E-state index is 14.0. The fourth-order valence-corrected chi connectivity index (χ4v) is 4.09. The minimum Gasteiger partial charge on any atom is -0.507 e. The Balaban J connectivity index is 1.97. The third-order valence-electron chi connectivity index (χ3n) is 5.74. The molecule has 168 valence electrons. The van der Waals surface area contributed by atoms with E-state index in [1.807, 2.05) is 0 Å². The number of ketones is 1. The van der Waals surface area contributed by atoms with E-state index in [1.54, 1.807) is 56.3 Å². The molecule has 3 aromatic carbocycles. The van der Waals surface area contributed by atoms with Crippen molar-refractivity contribution in [3.05, 3.63) is 100 Å². The molecule has 0 spiro atoms. The highest BCUT2D eigenvalue weighted by molar-refractivity contribution is 6.51. The molecule has 1 atom stereocenters. The average Bonchev–Trinajstić information content (AvgIpc) is 3.07. The smallest absolute Gasteiger partial charge is 0.300 e. The molecule has 3 aromatic rings. The van der Waals surface area contributed by atoms with Crippen LogP contribution in [0.2, 0.25) is 0 Å². The van der Waals surface area contributed by atoms with Crippen LogP contribution < -0.4 is 9.64 Å². The van der Waals surface area contributed by atoms with Crippen LogP contribution in [0.15, 0.2) is 66.2 Å². The zero-order valence-corrected chi connectivity index (χ0v) is 18.2. The fraction of sp³-hybridized carbons (Fsp3) is 0.154. The van der Waals surface area contributed by atoms with Gasteiger partial charge in [-0.3, -0.25) is 14.5 Å². The van der Waals surface area contributed by atoms with E-state index in [0.29, 0.717) is 22.4 Å². The molecule has 0 bridgehead atoms. The van der Waals surface area contributed by atoms with Crippen LogP contribution in [0, 0.1) is 25.5 Å². The molecule has 1 heterocycles. The zero-order chi connectivity index (χ0) is 23.9. The van der Waals surface area contributed by atoms with E-state index >= 15 is 0 Å². The molecular formula is C26H21F2NO4. The molecule has 5 nitrogen and oxygen atoms in total. The van der Waals surface area contributed by atoms with Crippen molar-refractivity contribution in [2.45, 2.75) is 19.9 Å². The number of ether oxygens (including phenoxy) is 1. The summed E-state index contributed by atoms with van der Waals surface area (Å²) in [4.78, 5) is 27.3. The van der Waals surface area contributed by atoms with Crippen LogP contribution in [0.5, 0.6) is 5.75 Å². The van der Waals surface area contributed by atoms with Gasteiger partial charge in [-0.05, 0) is 54.8 Å². The van der Waals surface area contributed by atoms with Gasteiger partial charge in [0.2, 0.25) is 0 Å². The lowest BCUT2D eigenvalue weighted by Crippen LogP contribution is -2.29. The van der Waals surface area contributed by atoms with Gasteiger partial charge >= 0.3 is 0 Å². The van der Waals surface area contributed by atoms with E-state index in [2.05, 4.69) is 0 Å². The molecule has 1 amide bonds. The minimum atomic E-state index is -1.15. The van der Waals surface area contributed by atoms with Crippen molar-refractivity contribution in [1.82, 2.24) is 0 Å². The summed E-state index contributed by atoms with van der Waals surface area (Å²) in [5, 5.41) is 11.3. The Hall–Kier alpha value is -4.00. The van der Waals surface area contributed by atoms with Gasteiger partial charge in [-0.25, -0.2) is 8.78 Å². The Morgan fingerprint density at radius 1 is 0.939 bits per heavy atom. The molecule has 0 aromatic heterocycles. The number of Topliss-reactive ketones (excluding diaryl/α,β-unsaturated/α-hetero) is 1. The Labute approximate surface area is 189 Å². The number of aryl methyl sites for hydroxylation is 2. The van der Waals surface area contributed by atoms with Crippen molar-refractivity contribution in [3.8, 4) is 5.75 Å². The van der Waals surface area contributed by atoms with Crippen molar-refractivity contribution >= 4 is 23.1 Å². The standard InChI is InChI=1S/C26H21F2NO4/c1-14-12-21(33-3)15(2)11-18(14)24(30)22-23(16-7-5-4-6-8-16)29(26(32)25(22)31)17-9-10-19(27)20(28)13-17/h4-13,23,30H,1-3H3/b24-22+. The van der Waals surface area contributed by atoms with E-state index in [9.17, 15) is 23.5 Å². The highest BCUT2D eigenvalue weighted by atomic mass is 19.2. The largest absolute Gasteiger partial charge is 0.507 e. The third kappa shape index (κ3) is 3.75. The maximum Gasteiger partial charge on any atom is 0.300 e. The molecule has 1 fully saturated rings. The fourth-order valence-electron chi connectivity index (χ4n) is 4.09. The molecule has 0 saturated carbocycles. The molecule has 1 N–H and O–H groups in total. The van der Waals surface area contributed by atoms with Gasteiger partial charge in [0, 0.05) is 17.3 Å². The van der Waals surface area contributed by atoms with Gasteiger partial charge in [0.05, 0.1) is 18.7 Å². The quantitative estimate of drug-likeness (QED) is 0.337. The number of aliphatic hydroxyl groups excluding tert-OH is 1. The first-order chi connectivity index (χ1) is 15.7. The molecule has 7 heteroatoms. The topological polar surface area (TPSA) is 66.8 Å². The first-order valence-electron chi connectivity index (χ1n) is 10.2. The van der Waals surface area contributed by atoms with Gasteiger partial charge in [0.1, 0.15) is 11.5 Å². The minimum absolute atomic E-state index is 0.00605. The van der Waals surface area contributed by atoms with E-state index < -0.39 is 29.4 Å². The maximum atomic E-state index is 14.0. The van der Waals surface area contributed by atoms with Crippen molar-refractivity contribution < 1.29 is 28.2 Å². The van der Waals surface area contributed by atoms with Crippen LogP contribution in [0.1, 0.15) is 28.3 Å². The van der Waals surface area contributed by atoms with E-state index in [1.165, 1.54) is 13.2 Å². The highest BCUT2D eigenvalue weighted by Gasteiger charge is 2.47. The second-order valence-corrected chi connectivity index (χ2v) is 7.81. The Morgan fingerprint density at radius 3 is 2.27 bits per heavy atom. The molecule has 1 aliphatic rings. The van der Waals surface area contributed by atoms with Crippen molar-refractivity contribution in [1.29, 1.82) is 0 Å². The molecule has 1 unspecified atom stereocenters. The monoisotopic (exact) mass is 449 g/mol. The number of methoxy groups -OCH3 is 1. The van der Waals surface area contributed by atoms with Gasteiger partial charge < -0.3 is 9.84 Å². The zero-order valence-electron chi connectivity index (χ0n) is 18.2. The van der Waals surface area contributed by atoms with Gasteiger partial charge in [-0.15, -0.1) is 0 Å². The summed E-state index contributed by atoms with van der Waals surface area (Å²) in [5.74, 6) is -3.82. The highest BCUT2D eigenvalue weighted by Crippen LogP contribution is 2.43. The number of amides is 1.